The van der Waals surface area contributed by atoms with E-state index in [0.717, 1.165) is 0 Å². The van der Waals surface area contributed by atoms with Gasteiger partial charge in [0.1, 0.15) is 5.75 Å². The highest BCUT2D eigenvalue weighted by Crippen LogP contribution is 2.25. The molecule has 2 rings (SSSR count). The van der Waals surface area contributed by atoms with Gasteiger partial charge in [-0.05, 0) is 42.3 Å². The standard InChI is InChI=1S/C19H20Cl2N2O3/c1-12(2)11-26-15-5-3-4-13(8-15)19(25)22-10-18(24)23-17-9-14(20)6-7-16(17)21/h3-9,12H,10-11H2,1-2H3,(H,22,25)(H,23,24). The highest BCUT2D eigenvalue weighted by atomic mass is 35.5. The zero-order valence-corrected chi connectivity index (χ0v) is 16.0. The van der Waals surface area contributed by atoms with Crippen LogP contribution in [0.4, 0.5) is 5.69 Å². The van der Waals surface area contributed by atoms with E-state index in [-0.39, 0.29) is 12.5 Å². The van der Waals surface area contributed by atoms with Gasteiger partial charge in [0, 0.05) is 10.6 Å². The number of hydrogen-bond donors (Lipinski definition) is 2. The minimum absolute atomic E-state index is 0.196. The fourth-order valence-electron chi connectivity index (χ4n) is 2.04. The number of carbonyl (C=O) groups excluding carboxylic acids is 2. The van der Waals surface area contributed by atoms with Crippen molar-refractivity contribution in [1.29, 1.82) is 0 Å². The molecule has 0 unspecified atom stereocenters. The lowest BCUT2D eigenvalue weighted by molar-refractivity contribution is -0.115. The van der Waals surface area contributed by atoms with Crippen LogP contribution in [0.3, 0.4) is 0 Å². The predicted molar refractivity (Wildman–Crippen MR) is 104 cm³/mol. The Bertz CT molecular complexity index is 794. The molecule has 0 saturated carbocycles. The largest absolute Gasteiger partial charge is 0.493 e. The summed E-state index contributed by atoms with van der Waals surface area (Å²) in [5.41, 5.74) is 0.808. The van der Waals surface area contributed by atoms with Gasteiger partial charge in [-0.1, -0.05) is 43.1 Å². The van der Waals surface area contributed by atoms with Crippen LogP contribution in [-0.2, 0) is 4.79 Å². The summed E-state index contributed by atoms with van der Waals surface area (Å²) >= 11 is 11.9. The summed E-state index contributed by atoms with van der Waals surface area (Å²) in [4.78, 5) is 24.2. The molecule has 2 N–H and O–H groups in total. The number of ether oxygens (including phenoxy) is 1. The summed E-state index contributed by atoms with van der Waals surface area (Å²) in [6.07, 6.45) is 0. The number of halogens is 2. The fourth-order valence-corrected chi connectivity index (χ4v) is 2.38. The molecule has 0 radical (unpaired) electrons. The van der Waals surface area contributed by atoms with E-state index in [4.69, 9.17) is 27.9 Å². The molecular formula is C19H20Cl2N2O3. The van der Waals surface area contributed by atoms with E-state index in [1.807, 2.05) is 13.8 Å². The average molecular weight is 395 g/mol. The van der Waals surface area contributed by atoms with Gasteiger partial charge in [0.15, 0.2) is 0 Å². The van der Waals surface area contributed by atoms with Gasteiger partial charge in [-0.2, -0.15) is 0 Å². The number of rotatable bonds is 7. The van der Waals surface area contributed by atoms with Gasteiger partial charge in [-0.15, -0.1) is 0 Å². The maximum atomic E-state index is 12.2. The lowest BCUT2D eigenvalue weighted by Gasteiger charge is -2.11. The molecule has 0 bridgehead atoms. The zero-order chi connectivity index (χ0) is 19.1. The first kappa shape index (κ1) is 20.1. The molecule has 0 aliphatic carbocycles. The Labute approximate surface area is 162 Å². The number of hydrogen-bond acceptors (Lipinski definition) is 3. The van der Waals surface area contributed by atoms with Crippen molar-refractivity contribution >= 4 is 40.7 Å². The third-order valence-corrected chi connectivity index (χ3v) is 3.86. The molecule has 0 spiro atoms. The van der Waals surface area contributed by atoms with E-state index in [1.165, 1.54) is 0 Å². The maximum absolute atomic E-state index is 12.2. The van der Waals surface area contributed by atoms with Crippen molar-refractivity contribution in [3.05, 3.63) is 58.1 Å². The van der Waals surface area contributed by atoms with Gasteiger partial charge in [-0.25, -0.2) is 0 Å². The first-order chi connectivity index (χ1) is 12.3. The molecule has 5 nitrogen and oxygen atoms in total. The molecule has 26 heavy (non-hydrogen) atoms. The molecule has 0 heterocycles. The Hall–Kier alpha value is -2.24. The van der Waals surface area contributed by atoms with Crippen molar-refractivity contribution in [1.82, 2.24) is 5.32 Å². The van der Waals surface area contributed by atoms with Gasteiger partial charge < -0.3 is 15.4 Å². The highest BCUT2D eigenvalue weighted by molar-refractivity contribution is 6.35. The first-order valence-corrected chi connectivity index (χ1v) is 8.86. The molecule has 0 atom stereocenters. The number of carbonyl (C=O) groups is 2. The minimum atomic E-state index is -0.408. The quantitative estimate of drug-likeness (QED) is 0.731. The first-order valence-electron chi connectivity index (χ1n) is 8.11. The number of anilines is 1. The van der Waals surface area contributed by atoms with E-state index in [9.17, 15) is 9.59 Å². The SMILES string of the molecule is CC(C)COc1cccc(C(=O)NCC(=O)Nc2cc(Cl)ccc2Cl)c1. The second-order valence-electron chi connectivity index (χ2n) is 6.09. The predicted octanol–water partition coefficient (Wildman–Crippen LogP) is 4.40. The van der Waals surface area contributed by atoms with Crippen LogP contribution in [-0.4, -0.2) is 25.0 Å². The van der Waals surface area contributed by atoms with Crippen LogP contribution in [0.1, 0.15) is 24.2 Å². The molecule has 0 aromatic heterocycles. The van der Waals surface area contributed by atoms with Crippen LogP contribution < -0.4 is 15.4 Å². The van der Waals surface area contributed by atoms with Crippen LogP contribution in [0.15, 0.2) is 42.5 Å². The van der Waals surface area contributed by atoms with Gasteiger partial charge in [-0.3, -0.25) is 9.59 Å². The summed E-state index contributed by atoms with van der Waals surface area (Å²) in [5, 5.41) is 5.99. The van der Waals surface area contributed by atoms with Gasteiger partial charge in [0.25, 0.3) is 5.91 Å². The van der Waals surface area contributed by atoms with Crippen LogP contribution in [0.2, 0.25) is 10.0 Å². The lowest BCUT2D eigenvalue weighted by Crippen LogP contribution is -2.32. The highest BCUT2D eigenvalue weighted by Gasteiger charge is 2.11. The van der Waals surface area contributed by atoms with Crippen molar-refractivity contribution in [2.24, 2.45) is 5.92 Å². The summed E-state index contributed by atoms with van der Waals surface area (Å²) < 4.78 is 5.60. The van der Waals surface area contributed by atoms with E-state index < -0.39 is 5.91 Å². The van der Waals surface area contributed by atoms with Crippen molar-refractivity contribution in [2.45, 2.75) is 13.8 Å². The lowest BCUT2D eigenvalue weighted by atomic mass is 10.2. The van der Waals surface area contributed by atoms with Crippen molar-refractivity contribution in [3.63, 3.8) is 0 Å². The Morgan fingerprint density at radius 1 is 1.12 bits per heavy atom. The summed E-state index contributed by atoms with van der Waals surface area (Å²) in [6, 6.07) is 11.6. The topological polar surface area (TPSA) is 67.4 Å². The van der Waals surface area contributed by atoms with Gasteiger partial charge in [0.2, 0.25) is 5.91 Å². The zero-order valence-electron chi connectivity index (χ0n) is 14.5. The van der Waals surface area contributed by atoms with Crippen molar-refractivity contribution in [2.75, 3.05) is 18.5 Å². The normalized spacial score (nSPS) is 10.5. The fraction of sp³-hybridized carbons (Fsp3) is 0.263. The molecule has 2 amide bonds. The van der Waals surface area contributed by atoms with Crippen molar-refractivity contribution in [3.8, 4) is 5.75 Å². The second-order valence-corrected chi connectivity index (χ2v) is 6.93. The van der Waals surface area contributed by atoms with Crippen LogP contribution in [0.5, 0.6) is 5.75 Å². The smallest absolute Gasteiger partial charge is 0.251 e. The van der Waals surface area contributed by atoms with E-state index >= 15 is 0 Å². The molecule has 138 valence electrons. The van der Waals surface area contributed by atoms with Crippen molar-refractivity contribution < 1.29 is 14.3 Å². The van der Waals surface area contributed by atoms with Crippen LogP contribution >= 0.6 is 23.2 Å². The number of nitrogens with one attached hydrogen (secondary N) is 2. The Morgan fingerprint density at radius 2 is 1.88 bits per heavy atom. The van der Waals surface area contributed by atoms with E-state index in [1.54, 1.807) is 42.5 Å². The van der Waals surface area contributed by atoms with Crippen LogP contribution in [0, 0.1) is 5.92 Å². The molecule has 2 aromatic carbocycles. The molecule has 7 heteroatoms. The molecule has 0 aliphatic heterocycles. The number of benzene rings is 2. The summed E-state index contributed by atoms with van der Waals surface area (Å²) in [6.45, 7) is 4.45. The Kier molecular flexibility index (Phi) is 7.30. The van der Waals surface area contributed by atoms with Gasteiger partial charge >= 0.3 is 0 Å². The maximum Gasteiger partial charge on any atom is 0.251 e. The monoisotopic (exact) mass is 394 g/mol. The third-order valence-electron chi connectivity index (χ3n) is 3.29. The van der Waals surface area contributed by atoms with E-state index in [2.05, 4.69) is 10.6 Å². The Balaban J connectivity index is 1.90. The summed E-state index contributed by atoms with van der Waals surface area (Å²) in [7, 11) is 0. The summed E-state index contributed by atoms with van der Waals surface area (Å²) in [5.74, 6) is 0.220. The Morgan fingerprint density at radius 3 is 2.62 bits per heavy atom. The average Bonchev–Trinajstić information content (AvgIpc) is 2.61. The van der Waals surface area contributed by atoms with E-state index in [0.29, 0.717) is 39.6 Å². The molecule has 0 aliphatic rings. The minimum Gasteiger partial charge on any atom is -0.493 e. The van der Waals surface area contributed by atoms with Crippen LogP contribution in [0.25, 0.3) is 0 Å². The number of amides is 2. The molecule has 0 saturated heterocycles. The van der Waals surface area contributed by atoms with Gasteiger partial charge in [0.05, 0.1) is 23.9 Å². The molecule has 0 fully saturated rings. The molecule has 2 aromatic rings. The second kappa shape index (κ2) is 9.46. The third kappa shape index (κ3) is 6.24. The molecular weight excluding hydrogens is 375 g/mol.